The third-order valence-electron chi connectivity index (χ3n) is 5.21. The van der Waals surface area contributed by atoms with Crippen molar-refractivity contribution in [3.05, 3.63) is 53.7 Å². The number of carbonyl (C=O) groups is 2. The summed E-state index contributed by atoms with van der Waals surface area (Å²) in [6, 6.07) is 11.6. The lowest BCUT2D eigenvalue weighted by Crippen LogP contribution is -2.15. The van der Waals surface area contributed by atoms with E-state index in [0.29, 0.717) is 33.8 Å². The Kier molecular flexibility index (Phi) is 5.47. The lowest BCUT2D eigenvalue weighted by Gasteiger charge is -2.13. The van der Waals surface area contributed by atoms with E-state index < -0.39 is 10.0 Å². The second-order valence-electron chi connectivity index (χ2n) is 7.48. The van der Waals surface area contributed by atoms with Crippen molar-refractivity contribution in [2.24, 2.45) is 0 Å². The van der Waals surface area contributed by atoms with Gasteiger partial charge in [-0.25, -0.2) is 8.42 Å². The maximum Gasteiger partial charge on any atom is 0.262 e. The summed E-state index contributed by atoms with van der Waals surface area (Å²) in [5.41, 5.74) is 2.44. The minimum absolute atomic E-state index is 0.0530. The van der Waals surface area contributed by atoms with Crippen LogP contribution in [-0.2, 0) is 14.8 Å². The number of amides is 1. The Morgan fingerprint density at radius 1 is 1.09 bits per heavy atom. The van der Waals surface area contributed by atoms with Crippen LogP contribution in [-0.4, -0.2) is 37.1 Å². The van der Waals surface area contributed by atoms with Crippen molar-refractivity contribution in [1.29, 1.82) is 0 Å². The van der Waals surface area contributed by atoms with Gasteiger partial charge in [0.1, 0.15) is 11.6 Å². The zero-order valence-electron chi connectivity index (χ0n) is 17.8. The highest BCUT2D eigenvalue weighted by Gasteiger charge is 2.27. The summed E-state index contributed by atoms with van der Waals surface area (Å²) in [5, 5.41) is 7.01. The Morgan fingerprint density at radius 2 is 1.88 bits per heavy atom. The molecule has 1 aliphatic rings. The number of anilines is 2. The maximum absolute atomic E-state index is 13.2. The summed E-state index contributed by atoms with van der Waals surface area (Å²) in [5.74, 6) is 0.183. The van der Waals surface area contributed by atoms with Crippen LogP contribution in [0.25, 0.3) is 11.1 Å². The number of carbonyl (C=O) groups excluding carboxylic acids is 2. The molecule has 0 spiro atoms. The lowest BCUT2D eigenvalue weighted by molar-refractivity contribution is -0.116. The van der Waals surface area contributed by atoms with E-state index in [9.17, 15) is 18.0 Å². The summed E-state index contributed by atoms with van der Waals surface area (Å²) >= 11 is 0. The van der Waals surface area contributed by atoms with E-state index in [-0.39, 0.29) is 35.4 Å². The number of nitrogens with zero attached hydrogens (tertiary/aromatic N) is 2. The van der Waals surface area contributed by atoms with Gasteiger partial charge in [0.05, 0.1) is 23.4 Å². The predicted molar refractivity (Wildman–Crippen MR) is 119 cm³/mol. The molecule has 0 aliphatic carbocycles. The van der Waals surface area contributed by atoms with Crippen LogP contribution in [0.5, 0.6) is 5.75 Å². The molecule has 3 aromatic rings. The first-order chi connectivity index (χ1) is 15.2. The average molecular weight is 455 g/mol. The molecular formula is C22H22N4O5S. The Morgan fingerprint density at radius 3 is 2.62 bits per heavy atom. The summed E-state index contributed by atoms with van der Waals surface area (Å²) in [4.78, 5) is 24.5. The fourth-order valence-electron chi connectivity index (χ4n) is 3.63. The molecule has 0 bridgehead atoms. The number of fused-ring (bicyclic) bond motifs is 1. The van der Waals surface area contributed by atoms with Crippen LogP contribution in [0.1, 0.15) is 28.9 Å². The number of nitrogens with one attached hydrogen (secondary N) is 2. The van der Waals surface area contributed by atoms with Crippen LogP contribution in [0.4, 0.5) is 11.5 Å². The molecule has 2 heterocycles. The van der Waals surface area contributed by atoms with Crippen molar-refractivity contribution >= 4 is 33.3 Å². The van der Waals surface area contributed by atoms with Gasteiger partial charge in [-0.1, -0.05) is 18.2 Å². The SMILES string of the molecule is COc1cccc(NS(=O)(=O)c2cc(-c3c(C)nn4c3NC(=O)CCC4=O)ccc2C)c1. The molecule has 0 fully saturated rings. The Hall–Kier alpha value is -3.66. The second kappa shape index (κ2) is 8.12. The van der Waals surface area contributed by atoms with Gasteiger partial charge in [0.15, 0.2) is 0 Å². The first-order valence-corrected chi connectivity index (χ1v) is 11.4. The standard InChI is InChI=1S/C22H22N4O5S/c1-13-7-8-15(21-14(2)24-26-20(28)10-9-19(27)23-22(21)26)11-18(13)32(29,30)25-16-5-4-6-17(12-16)31-3/h4-8,11-12,25H,9-10H2,1-3H3,(H,23,27). The summed E-state index contributed by atoms with van der Waals surface area (Å²) in [7, 11) is -2.43. The fraction of sp³-hybridized carbons (Fsp3) is 0.227. The first kappa shape index (κ1) is 21.6. The van der Waals surface area contributed by atoms with E-state index in [1.54, 1.807) is 50.2 Å². The number of hydrogen-bond acceptors (Lipinski definition) is 6. The second-order valence-corrected chi connectivity index (χ2v) is 9.13. The van der Waals surface area contributed by atoms with E-state index >= 15 is 0 Å². The molecule has 1 aliphatic heterocycles. The van der Waals surface area contributed by atoms with Crippen LogP contribution >= 0.6 is 0 Å². The first-order valence-electron chi connectivity index (χ1n) is 9.90. The summed E-state index contributed by atoms with van der Waals surface area (Å²) in [6.45, 7) is 3.40. The highest BCUT2D eigenvalue weighted by atomic mass is 32.2. The van der Waals surface area contributed by atoms with Gasteiger partial charge in [-0.3, -0.25) is 14.3 Å². The number of rotatable bonds is 5. The minimum Gasteiger partial charge on any atom is -0.497 e. The number of ether oxygens (including phenoxy) is 1. The maximum atomic E-state index is 13.2. The topological polar surface area (TPSA) is 119 Å². The molecule has 10 heteroatoms. The lowest BCUT2D eigenvalue weighted by atomic mass is 10.0. The normalized spacial score (nSPS) is 13.8. The van der Waals surface area contributed by atoms with Crippen molar-refractivity contribution in [3.8, 4) is 16.9 Å². The molecule has 1 aromatic heterocycles. The minimum atomic E-state index is -3.93. The smallest absolute Gasteiger partial charge is 0.262 e. The van der Waals surface area contributed by atoms with Crippen molar-refractivity contribution in [3.63, 3.8) is 0 Å². The van der Waals surface area contributed by atoms with Gasteiger partial charge < -0.3 is 10.1 Å². The highest BCUT2D eigenvalue weighted by Crippen LogP contribution is 2.35. The van der Waals surface area contributed by atoms with E-state index in [1.807, 2.05) is 0 Å². The summed E-state index contributed by atoms with van der Waals surface area (Å²) in [6.07, 6.45) is 0.121. The molecular weight excluding hydrogens is 432 g/mol. The number of benzene rings is 2. The van der Waals surface area contributed by atoms with Gasteiger partial charge in [0.25, 0.3) is 10.0 Å². The highest BCUT2D eigenvalue weighted by molar-refractivity contribution is 7.92. The average Bonchev–Trinajstić information content (AvgIpc) is 3.00. The van der Waals surface area contributed by atoms with E-state index in [0.717, 1.165) is 0 Å². The van der Waals surface area contributed by atoms with E-state index in [4.69, 9.17) is 4.74 Å². The number of aryl methyl sites for hydroxylation is 2. The van der Waals surface area contributed by atoms with Crippen LogP contribution < -0.4 is 14.8 Å². The van der Waals surface area contributed by atoms with Crippen LogP contribution in [0.15, 0.2) is 47.4 Å². The number of aromatic nitrogens is 2. The molecule has 9 nitrogen and oxygen atoms in total. The third kappa shape index (κ3) is 3.96. The van der Waals surface area contributed by atoms with Crippen molar-refractivity contribution < 1.29 is 22.7 Å². The third-order valence-corrected chi connectivity index (χ3v) is 6.73. The van der Waals surface area contributed by atoms with Crippen molar-refractivity contribution in [2.75, 3.05) is 17.1 Å². The molecule has 2 aromatic carbocycles. The van der Waals surface area contributed by atoms with Crippen LogP contribution in [0.2, 0.25) is 0 Å². The molecule has 0 saturated carbocycles. The Bertz CT molecular complexity index is 1340. The van der Waals surface area contributed by atoms with Gasteiger partial charge in [-0.05, 0) is 43.2 Å². The zero-order valence-corrected chi connectivity index (χ0v) is 18.6. The van der Waals surface area contributed by atoms with E-state index in [1.165, 1.54) is 17.9 Å². The number of hydrogen-bond donors (Lipinski definition) is 2. The van der Waals surface area contributed by atoms with Crippen LogP contribution in [0.3, 0.4) is 0 Å². The Balaban J connectivity index is 1.79. The molecule has 0 radical (unpaired) electrons. The predicted octanol–water partition coefficient (Wildman–Crippen LogP) is 3.35. The molecule has 4 rings (SSSR count). The number of sulfonamides is 1. The molecule has 0 atom stereocenters. The van der Waals surface area contributed by atoms with Crippen molar-refractivity contribution in [2.45, 2.75) is 31.6 Å². The molecule has 32 heavy (non-hydrogen) atoms. The molecule has 0 saturated heterocycles. The Labute approximate surface area is 185 Å². The molecule has 1 amide bonds. The van der Waals surface area contributed by atoms with Gasteiger partial charge in [0, 0.05) is 24.5 Å². The van der Waals surface area contributed by atoms with Crippen LogP contribution in [0, 0.1) is 13.8 Å². The largest absolute Gasteiger partial charge is 0.497 e. The van der Waals surface area contributed by atoms with Gasteiger partial charge in [-0.15, -0.1) is 0 Å². The molecule has 166 valence electrons. The monoisotopic (exact) mass is 454 g/mol. The molecule has 2 N–H and O–H groups in total. The van der Waals surface area contributed by atoms with Gasteiger partial charge in [-0.2, -0.15) is 9.78 Å². The number of methoxy groups -OCH3 is 1. The zero-order chi connectivity index (χ0) is 23.0. The van der Waals surface area contributed by atoms with E-state index in [2.05, 4.69) is 15.1 Å². The van der Waals surface area contributed by atoms with Gasteiger partial charge in [0.2, 0.25) is 11.8 Å². The van der Waals surface area contributed by atoms with Crippen molar-refractivity contribution in [1.82, 2.24) is 9.78 Å². The quantitative estimate of drug-likeness (QED) is 0.610. The summed E-state index contributed by atoms with van der Waals surface area (Å²) < 4.78 is 35.3. The fourth-order valence-corrected chi connectivity index (χ4v) is 4.95. The molecule has 0 unspecified atom stereocenters. The van der Waals surface area contributed by atoms with Gasteiger partial charge >= 0.3 is 0 Å².